The average molecular weight is 182 g/mol. The molecular formula is C11H18O2. The standard InChI is InChI=1S/C11H18O2/c1-4-8(2)7-11(12)10-5-6-13-9(10)3/h5-6,8,11-12H,4,7H2,1-3H3. The van der Waals surface area contributed by atoms with Crippen LogP contribution in [0.25, 0.3) is 0 Å². The van der Waals surface area contributed by atoms with E-state index in [0.29, 0.717) is 5.92 Å². The van der Waals surface area contributed by atoms with Crippen LogP contribution in [0.4, 0.5) is 0 Å². The van der Waals surface area contributed by atoms with Crippen molar-refractivity contribution in [2.24, 2.45) is 5.92 Å². The van der Waals surface area contributed by atoms with Gasteiger partial charge in [0.05, 0.1) is 12.4 Å². The molecule has 0 radical (unpaired) electrons. The zero-order chi connectivity index (χ0) is 9.84. The number of aliphatic hydroxyl groups is 1. The van der Waals surface area contributed by atoms with E-state index in [1.54, 1.807) is 6.26 Å². The molecule has 1 N–H and O–H groups in total. The van der Waals surface area contributed by atoms with Gasteiger partial charge >= 0.3 is 0 Å². The molecule has 1 rings (SSSR count). The molecule has 1 heterocycles. The molecule has 13 heavy (non-hydrogen) atoms. The molecular weight excluding hydrogens is 164 g/mol. The Balaban J connectivity index is 2.58. The Kier molecular flexibility index (Phi) is 3.55. The molecule has 0 bridgehead atoms. The van der Waals surface area contributed by atoms with Gasteiger partial charge in [0.2, 0.25) is 0 Å². The van der Waals surface area contributed by atoms with Crippen molar-refractivity contribution in [2.75, 3.05) is 0 Å². The first-order valence-corrected chi connectivity index (χ1v) is 4.87. The summed E-state index contributed by atoms with van der Waals surface area (Å²) >= 11 is 0. The highest BCUT2D eigenvalue weighted by atomic mass is 16.3. The Bertz CT molecular complexity index is 252. The number of rotatable bonds is 4. The minimum Gasteiger partial charge on any atom is -0.469 e. The first kappa shape index (κ1) is 10.3. The number of aryl methyl sites for hydroxylation is 1. The van der Waals surface area contributed by atoms with Gasteiger partial charge in [-0.25, -0.2) is 0 Å². The maximum atomic E-state index is 9.83. The number of hydrogen-bond donors (Lipinski definition) is 1. The molecule has 1 aromatic rings. The minimum atomic E-state index is -0.367. The lowest BCUT2D eigenvalue weighted by Crippen LogP contribution is -2.03. The maximum Gasteiger partial charge on any atom is 0.106 e. The molecule has 0 spiro atoms. The van der Waals surface area contributed by atoms with E-state index < -0.39 is 0 Å². The van der Waals surface area contributed by atoms with E-state index in [1.165, 1.54) is 0 Å². The van der Waals surface area contributed by atoms with Crippen molar-refractivity contribution >= 4 is 0 Å². The van der Waals surface area contributed by atoms with E-state index in [2.05, 4.69) is 13.8 Å². The van der Waals surface area contributed by atoms with Gasteiger partial charge in [-0.15, -0.1) is 0 Å². The van der Waals surface area contributed by atoms with Gasteiger partial charge < -0.3 is 9.52 Å². The molecule has 1 aromatic heterocycles. The van der Waals surface area contributed by atoms with Gasteiger partial charge in [-0.05, 0) is 25.3 Å². The topological polar surface area (TPSA) is 33.4 Å². The summed E-state index contributed by atoms with van der Waals surface area (Å²) in [7, 11) is 0. The van der Waals surface area contributed by atoms with Crippen LogP contribution in [0.2, 0.25) is 0 Å². The summed E-state index contributed by atoms with van der Waals surface area (Å²) in [4.78, 5) is 0. The smallest absolute Gasteiger partial charge is 0.106 e. The van der Waals surface area contributed by atoms with Crippen LogP contribution in [0.1, 0.15) is 44.1 Å². The van der Waals surface area contributed by atoms with Crippen LogP contribution in [0.15, 0.2) is 16.7 Å². The molecule has 0 saturated carbocycles. The van der Waals surface area contributed by atoms with Crippen LogP contribution in [0.3, 0.4) is 0 Å². The molecule has 0 aliphatic carbocycles. The van der Waals surface area contributed by atoms with Crippen LogP contribution in [-0.4, -0.2) is 5.11 Å². The molecule has 0 amide bonds. The van der Waals surface area contributed by atoms with Crippen molar-refractivity contribution in [1.29, 1.82) is 0 Å². The fraction of sp³-hybridized carbons (Fsp3) is 0.636. The lowest BCUT2D eigenvalue weighted by molar-refractivity contribution is 0.145. The predicted octanol–water partition coefficient (Wildman–Crippen LogP) is 3.06. The highest BCUT2D eigenvalue weighted by Gasteiger charge is 2.14. The number of furan rings is 1. The summed E-state index contributed by atoms with van der Waals surface area (Å²) in [5, 5.41) is 9.83. The van der Waals surface area contributed by atoms with Crippen LogP contribution in [-0.2, 0) is 0 Å². The molecule has 2 unspecified atom stereocenters. The van der Waals surface area contributed by atoms with Gasteiger partial charge in [0.1, 0.15) is 5.76 Å². The molecule has 74 valence electrons. The Morgan fingerprint density at radius 2 is 2.23 bits per heavy atom. The second-order valence-corrected chi connectivity index (χ2v) is 3.70. The third kappa shape index (κ3) is 2.59. The van der Waals surface area contributed by atoms with Crippen molar-refractivity contribution in [1.82, 2.24) is 0 Å². The molecule has 0 saturated heterocycles. The summed E-state index contributed by atoms with van der Waals surface area (Å²) in [6, 6.07) is 1.85. The second-order valence-electron chi connectivity index (χ2n) is 3.70. The fourth-order valence-electron chi connectivity index (χ4n) is 1.42. The van der Waals surface area contributed by atoms with E-state index in [1.807, 2.05) is 13.0 Å². The van der Waals surface area contributed by atoms with Crippen molar-refractivity contribution in [2.45, 2.75) is 39.7 Å². The molecule has 2 nitrogen and oxygen atoms in total. The van der Waals surface area contributed by atoms with Crippen LogP contribution >= 0.6 is 0 Å². The summed E-state index contributed by atoms with van der Waals surface area (Å²) in [6.07, 6.45) is 3.18. The zero-order valence-corrected chi connectivity index (χ0v) is 8.58. The quantitative estimate of drug-likeness (QED) is 0.776. The minimum absolute atomic E-state index is 0.367. The molecule has 0 fully saturated rings. The van der Waals surface area contributed by atoms with Gasteiger partial charge in [-0.1, -0.05) is 20.3 Å². The molecule has 0 aliphatic heterocycles. The van der Waals surface area contributed by atoms with E-state index in [9.17, 15) is 5.11 Å². The normalized spacial score (nSPS) is 15.7. The van der Waals surface area contributed by atoms with E-state index >= 15 is 0 Å². The van der Waals surface area contributed by atoms with E-state index in [-0.39, 0.29) is 6.10 Å². The Morgan fingerprint density at radius 1 is 1.54 bits per heavy atom. The fourth-order valence-corrected chi connectivity index (χ4v) is 1.42. The molecule has 0 aliphatic rings. The Labute approximate surface area is 79.6 Å². The third-order valence-electron chi connectivity index (χ3n) is 2.58. The van der Waals surface area contributed by atoms with Crippen molar-refractivity contribution in [3.05, 3.63) is 23.7 Å². The highest BCUT2D eigenvalue weighted by Crippen LogP contribution is 2.25. The van der Waals surface area contributed by atoms with Gasteiger partial charge in [-0.2, -0.15) is 0 Å². The summed E-state index contributed by atoms with van der Waals surface area (Å²) < 4.78 is 5.14. The summed E-state index contributed by atoms with van der Waals surface area (Å²) in [5.74, 6) is 1.39. The highest BCUT2D eigenvalue weighted by molar-refractivity contribution is 5.18. The van der Waals surface area contributed by atoms with E-state index in [4.69, 9.17) is 4.42 Å². The summed E-state index contributed by atoms with van der Waals surface area (Å²) in [5.41, 5.74) is 0.931. The van der Waals surface area contributed by atoms with Gasteiger partial charge in [0.25, 0.3) is 0 Å². The lowest BCUT2D eigenvalue weighted by atomic mass is 9.97. The molecule has 2 atom stereocenters. The zero-order valence-electron chi connectivity index (χ0n) is 8.58. The largest absolute Gasteiger partial charge is 0.469 e. The number of hydrogen-bond acceptors (Lipinski definition) is 2. The van der Waals surface area contributed by atoms with Gasteiger partial charge in [0.15, 0.2) is 0 Å². The van der Waals surface area contributed by atoms with Crippen LogP contribution in [0.5, 0.6) is 0 Å². The predicted molar refractivity (Wildman–Crippen MR) is 52.5 cm³/mol. The average Bonchev–Trinajstić information content (AvgIpc) is 2.51. The monoisotopic (exact) mass is 182 g/mol. The third-order valence-corrected chi connectivity index (χ3v) is 2.58. The number of aliphatic hydroxyl groups excluding tert-OH is 1. The van der Waals surface area contributed by atoms with Crippen molar-refractivity contribution < 1.29 is 9.52 Å². The Morgan fingerprint density at radius 3 is 2.69 bits per heavy atom. The molecule has 0 aromatic carbocycles. The van der Waals surface area contributed by atoms with Crippen molar-refractivity contribution in [3.8, 4) is 0 Å². The maximum absolute atomic E-state index is 9.83. The first-order chi connectivity index (χ1) is 6.15. The lowest BCUT2D eigenvalue weighted by Gasteiger charge is -2.13. The first-order valence-electron chi connectivity index (χ1n) is 4.87. The molecule has 2 heteroatoms. The SMILES string of the molecule is CCC(C)CC(O)c1ccoc1C. The summed E-state index contributed by atoms with van der Waals surface area (Å²) in [6.45, 7) is 6.17. The van der Waals surface area contributed by atoms with Crippen LogP contribution in [0, 0.1) is 12.8 Å². The second kappa shape index (κ2) is 4.47. The van der Waals surface area contributed by atoms with Gasteiger partial charge in [0, 0.05) is 5.56 Å². The van der Waals surface area contributed by atoms with Gasteiger partial charge in [-0.3, -0.25) is 0 Å². The Hall–Kier alpha value is -0.760. The van der Waals surface area contributed by atoms with Crippen molar-refractivity contribution in [3.63, 3.8) is 0 Å². The van der Waals surface area contributed by atoms with Crippen LogP contribution < -0.4 is 0 Å². The van der Waals surface area contributed by atoms with E-state index in [0.717, 1.165) is 24.2 Å².